The minimum atomic E-state index is -0.925. The fourth-order valence-electron chi connectivity index (χ4n) is 8.51. The molecule has 0 spiro atoms. The van der Waals surface area contributed by atoms with Crippen LogP contribution < -0.4 is 10.1 Å². The van der Waals surface area contributed by atoms with Crippen molar-refractivity contribution < 1.29 is 29.0 Å². The summed E-state index contributed by atoms with van der Waals surface area (Å²) in [5.74, 6) is 1.97. The minimum absolute atomic E-state index is 0.00585. The van der Waals surface area contributed by atoms with Gasteiger partial charge in [0, 0.05) is 23.0 Å². The lowest BCUT2D eigenvalue weighted by molar-refractivity contribution is -0.137. The highest BCUT2D eigenvalue weighted by molar-refractivity contribution is 6.07. The summed E-state index contributed by atoms with van der Waals surface area (Å²) < 4.78 is 11.2. The second kappa shape index (κ2) is 13.4. The summed E-state index contributed by atoms with van der Waals surface area (Å²) >= 11 is 0. The number of nitrogens with one attached hydrogen (secondary N) is 3. The Morgan fingerprint density at radius 2 is 1.74 bits per heavy atom. The molecule has 0 radical (unpaired) electrons. The van der Waals surface area contributed by atoms with Gasteiger partial charge in [-0.05, 0) is 91.8 Å². The van der Waals surface area contributed by atoms with E-state index in [-0.39, 0.29) is 36.0 Å². The highest BCUT2D eigenvalue weighted by Crippen LogP contribution is 2.44. The number of fused-ring (bicyclic) bond motifs is 6. The van der Waals surface area contributed by atoms with Gasteiger partial charge < -0.3 is 34.8 Å². The van der Waals surface area contributed by atoms with Crippen LogP contribution in [-0.4, -0.2) is 78.2 Å². The van der Waals surface area contributed by atoms with Gasteiger partial charge in [0.25, 0.3) is 0 Å². The van der Waals surface area contributed by atoms with E-state index in [0.29, 0.717) is 12.4 Å². The Morgan fingerprint density at radius 1 is 0.981 bits per heavy atom. The maximum Gasteiger partial charge on any atom is 0.408 e. The molecule has 0 aliphatic carbocycles. The van der Waals surface area contributed by atoms with Crippen molar-refractivity contribution in [3.63, 3.8) is 0 Å². The smallest absolute Gasteiger partial charge is 0.408 e. The zero-order valence-electron chi connectivity index (χ0n) is 30.6. The summed E-state index contributed by atoms with van der Waals surface area (Å²) in [7, 11) is 1.30. The van der Waals surface area contributed by atoms with Crippen LogP contribution in [0.15, 0.2) is 48.7 Å². The molecule has 2 aromatic heterocycles. The number of rotatable bonds is 7. The molecule has 3 aliphatic heterocycles. The van der Waals surface area contributed by atoms with E-state index in [1.807, 2.05) is 50.9 Å². The molecule has 13 heteroatoms. The largest absolute Gasteiger partial charge is 0.488 e. The summed E-state index contributed by atoms with van der Waals surface area (Å²) in [4.78, 5) is 58.1. The maximum absolute atomic E-state index is 13.9. The van der Waals surface area contributed by atoms with Crippen LogP contribution in [0.25, 0.3) is 44.2 Å². The van der Waals surface area contributed by atoms with E-state index in [4.69, 9.17) is 19.4 Å². The number of benzene rings is 3. The number of methoxy groups -OCH3 is 1. The molecule has 276 valence electrons. The molecule has 1 unspecified atom stereocenters. The Kier molecular flexibility index (Phi) is 8.74. The Labute approximate surface area is 307 Å². The van der Waals surface area contributed by atoms with Gasteiger partial charge >= 0.3 is 12.2 Å². The lowest BCUT2D eigenvalue weighted by Crippen LogP contribution is -2.53. The van der Waals surface area contributed by atoms with Gasteiger partial charge in [-0.15, -0.1) is 0 Å². The third-order valence-electron chi connectivity index (χ3n) is 11.7. The van der Waals surface area contributed by atoms with Crippen LogP contribution in [-0.2, 0) is 16.1 Å². The molecule has 53 heavy (non-hydrogen) atoms. The summed E-state index contributed by atoms with van der Waals surface area (Å²) in [6.45, 7) is 8.34. The number of alkyl carbamates (subject to hydrolysis) is 1. The SMILES string of the molecule is CCC(C)[C@H](NC(=O)OC)C(=O)N1[C@@H](C)CC[C@H]1c1ncc(-c2ccc3c(c2)COc2cc4c(ccc5[nH]c([C@@H]6CC[C@H](C)N6C(=O)O)nc54)cc2-3)[nH]1. The monoisotopic (exact) mass is 719 g/mol. The number of ether oxygens (including phenoxy) is 2. The number of nitrogens with zero attached hydrogens (tertiary/aromatic N) is 4. The summed E-state index contributed by atoms with van der Waals surface area (Å²) in [5, 5.41) is 14.6. The van der Waals surface area contributed by atoms with Crippen molar-refractivity contribution in [1.29, 1.82) is 0 Å². The number of hydrogen-bond donors (Lipinski definition) is 4. The molecule has 5 heterocycles. The molecular weight excluding hydrogens is 674 g/mol. The zero-order valence-corrected chi connectivity index (χ0v) is 30.6. The van der Waals surface area contributed by atoms with Crippen molar-refractivity contribution in [2.45, 2.75) is 96.6 Å². The van der Waals surface area contributed by atoms with Gasteiger partial charge in [0.05, 0.1) is 42.1 Å². The molecule has 5 aromatic rings. The minimum Gasteiger partial charge on any atom is -0.488 e. The lowest BCUT2D eigenvalue weighted by Gasteiger charge is -2.33. The molecule has 2 fully saturated rings. The third kappa shape index (κ3) is 5.91. The van der Waals surface area contributed by atoms with Crippen LogP contribution in [0, 0.1) is 5.92 Å². The molecule has 8 rings (SSSR count). The van der Waals surface area contributed by atoms with E-state index in [2.05, 4.69) is 45.6 Å². The van der Waals surface area contributed by atoms with Crippen molar-refractivity contribution in [2.24, 2.45) is 5.92 Å². The number of carbonyl (C=O) groups is 3. The van der Waals surface area contributed by atoms with Crippen LogP contribution in [0.3, 0.4) is 0 Å². The molecule has 3 aliphatic rings. The molecule has 13 nitrogen and oxygen atoms in total. The number of aromatic amines is 2. The predicted octanol–water partition coefficient (Wildman–Crippen LogP) is 7.69. The number of carboxylic acid groups (broad SMARTS) is 1. The van der Waals surface area contributed by atoms with Crippen LogP contribution in [0.1, 0.15) is 89.1 Å². The first-order valence-electron chi connectivity index (χ1n) is 18.5. The maximum atomic E-state index is 13.9. The average Bonchev–Trinajstić information content (AvgIpc) is 3.97. The van der Waals surface area contributed by atoms with Gasteiger partial charge in [-0.3, -0.25) is 9.69 Å². The quantitative estimate of drug-likeness (QED) is 0.133. The Balaban J connectivity index is 1.06. The highest BCUT2D eigenvalue weighted by atomic mass is 16.5. The van der Waals surface area contributed by atoms with Crippen molar-refractivity contribution in [3.8, 4) is 28.1 Å². The number of hydrogen-bond acceptors (Lipinski definition) is 7. The molecule has 2 saturated heterocycles. The first-order valence-corrected chi connectivity index (χ1v) is 18.5. The van der Waals surface area contributed by atoms with Crippen molar-refractivity contribution in [2.75, 3.05) is 7.11 Å². The van der Waals surface area contributed by atoms with Gasteiger partial charge in [0.2, 0.25) is 5.91 Å². The van der Waals surface area contributed by atoms with Crippen molar-refractivity contribution >= 4 is 39.9 Å². The molecule has 3 aromatic carbocycles. The van der Waals surface area contributed by atoms with E-state index in [1.54, 1.807) is 0 Å². The molecule has 0 bridgehead atoms. The summed E-state index contributed by atoms with van der Waals surface area (Å²) in [6.07, 6.45) is 4.13. The van der Waals surface area contributed by atoms with E-state index in [9.17, 15) is 19.5 Å². The van der Waals surface area contributed by atoms with Crippen LogP contribution in [0.5, 0.6) is 5.75 Å². The first kappa shape index (κ1) is 34.5. The third-order valence-corrected chi connectivity index (χ3v) is 11.7. The van der Waals surface area contributed by atoms with Crippen LogP contribution >= 0.6 is 0 Å². The Morgan fingerprint density at radius 3 is 2.47 bits per heavy atom. The number of H-pyrrole nitrogens is 2. The van der Waals surface area contributed by atoms with Gasteiger partial charge in [0.1, 0.15) is 30.0 Å². The number of likely N-dealkylation sites (tertiary alicyclic amines) is 2. The highest BCUT2D eigenvalue weighted by Gasteiger charge is 2.42. The van der Waals surface area contributed by atoms with E-state index < -0.39 is 18.2 Å². The number of imidazole rings is 2. The predicted molar refractivity (Wildman–Crippen MR) is 199 cm³/mol. The van der Waals surface area contributed by atoms with Crippen LogP contribution in [0.2, 0.25) is 0 Å². The summed E-state index contributed by atoms with van der Waals surface area (Å²) in [5.41, 5.74) is 6.62. The fourth-order valence-corrected chi connectivity index (χ4v) is 8.51. The molecule has 3 amide bonds. The van der Waals surface area contributed by atoms with Crippen molar-refractivity contribution in [3.05, 3.63) is 65.9 Å². The lowest BCUT2D eigenvalue weighted by atomic mass is 9.92. The molecular formula is C40H45N7O6. The fraction of sp³-hybridized carbons (Fsp3) is 0.425. The molecule has 6 atom stereocenters. The molecule has 4 N–H and O–H groups in total. The first-order chi connectivity index (χ1) is 25.6. The van der Waals surface area contributed by atoms with E-state index >= 15 is 0 Å². The average molecular weight is 720 g/mol. The van der Waals surface area contributed by atoms with E-state index in [0.717, 1.165) is 93.4 Å². The normalized spacial score (nSPS) is 22.0. The van der Waals surface area contributed by atoms with Gasteiger partial charge in [0.15, 0.2) is 0 Å². The van der Waals surface area contributed by atoms with Gasteiger partial charge in [-0.25, -0.2) is 19.6 Å². The molecule has 0 saturated carbocycles. The van der Waals surface area contributed by atoms with Gasteiger partial charge in [-0.1, -0.05) is 38.5 Å². The number of amides is 3. The Bertz CT molecular complexity index is 2250. The number of aromatic nitrogens is 4. The zero-order chi connectivity index (χ0) is 37.1. The standard InChI is InChI=1S/C40H45N7O6/c1-6-20(2)34(45-39(49)52-5)38(48)46-21(3)7-13-31(46)36-41-18-30(43-36)24-9-11-26-25(15-24)19-53-33-17-27-23(16-28(26)33)10-12-29-35(27)44-37(42-29)32-14-8-22(4)47(32)40(50)51/h9-12,15-18,20-22,31-32,34H,6-8,13-14,19H2,1-5H3,(H,41,43)(H,42,44)(H,45,49)(H,50,51)/t20?,21-,22-,31-,32-,34-/m0/s1. The topological polar surface area (TPSA) is 166 Å². The Hall–Kier alpha value is -5.59. The van der Waals surface area contributed by atoms with Crippen LogP contribution in [0.4, 0.5) is 9.59 Å². The second-order valence-corrected chi connectivity index (χ2v) is 14.8. The summed E-state index contributed by atoms with van der Waals surface area (Å²) in [6, 6.07) is 13.3. The van der Waals surface area contributed by atoms with Gasteiger partial charge in [-0.2, -0.15) is 0 Å². The van der Waals surface area contributed by atoms with Crippen molar-refractivity contribution in [1.82, 2.24) is 35.1 Å². The van der Waals surface area contributed by atoms with E-state index in [1.165, 1.54) is 12.0 Å². The number of carbonyl (C=O) groups excluding carboxylic acids is 2. The second-order valence-electron chi connectivity index (χ2n) is 14.8.